The minimum atomic E-state index is -0.00516. The summed E-state index contributed by atoms with van der Waals surface area (Å²) >= 11 is 6.15. The van der Waals surface area contributed by atoms with Gasteiger partial charge in [-0.25, -0.2) is 0 Å². The van der Waals surface area contributed by atoms with E-state index in [2.05, 4.69) is 5.10 Å². The van der Waals surface area contributed by atoms with Crippen LogP contribution in [0.2, 0.25) is 5.15 Å². The molecule has 1 heterocycles. The second kappa shape index (κ2) is 5.41. The molecular weight excluding hydrogens is 250 g/mol. The molecule has 0 amide bonds. The molecule has 0 aromatic carbocycles. The van der Waals surface area contributed by atoms with Crippen LogP contribution in [0.1, 0.15) is 36.9 Å². The first-order valence-electron chi connectivity index (χ1n) is 6.47. The van der Waals surface area contributed by atoms with Crippen molar-refractivity contribution < 1.29 is 4.79 Å². The SMILES string of the molecule is Cc1nn(C)c(Cl)c1CC(=O)C1CCCCC1N. The molecule has 0 radical (unpaired) electrons. The van der Waals surface area contributed by atoms with E-state index in [1.807, 2.05) is 6.92 Å². The lowest BCUT2D eigenvalue weighted by Crippen LogP contribution is -2.38. The third-order valence-electron chi connectivity index (χ3n) is 3.85. The van der Waals surface area contributed by atoms with Gasteiger partial charge in [-0.05, 0) is 19.8 Å². The van der Waals surface area contributed by atoms with Crippen molar-refractivity contribution in [3.05, 3.63) is 16.4 Å². The number of hydrogen-bond donors (Lipinski definition) is 1. The quantitative estimate of drug-likeness (QED) is 0.913. The van der Waals surface area contributed by atoms with Crippen molar-refractivity contribution in [3.63, 3.8) is 0 Å². The Hall–Kier alpha value is -0.870. The number of carbonyl (C=O) groups is 1. The van der Waals surface area contributed by atoms with Gasteiger partial charge in [0, 0.05) is 31.0 Å². The van der Waals surface area contributed by atoms with E-state index < -0.39 is 0 Å². The van der Waals surface area contributed by atoms with Gasteiger partial charge in [0.25, 0.3) is 0 Å². The van der Waals surface area contributed by atoms with E-state index in [4.69, 9.17) is 17.3 Å². The smallest absolute Gasteiger partial charge is 0.142 e. The number of nitrogens with zero attached hydrogens (tertiary/aromatic N) is 2. The highest BCUT2D eigenvalue weighted by Crippen LogP contribution is 2.27. The predicted octanol–water partition coefficient (Wildman–Crippen LogP) is 2.01. The van der Waals surface area contributed by atoms with Crippen LogP contribution in [0.15, 0.2) is 0 Å². The Morgan fingerprint density at radius 1 is 1.50 bits per heavy atom. The molecule has 0 saturated heterocycles. The van der Waals surface area contributed by atoms with Gasteiger partial charge in [-0.1, -0.05) is 24.4 Å². The van der Waals surface area contributed by atoms with E-state index in [-0.39, 0.29) is 17.7 Å². The van der Waals surface area contributed by atoms with E-state index >= 15 is 0 Å². The standard InChI is InChI=1S/C13H20ClN3O/c1-8-10(13(14)17(2)16-8)7-12(18)9-5-3-4-6-11(9)15/h9,11H,3-7,15H2,1-2H3. The molecule has 0 bridgehead atoms. The average molecular weight is 270 g/mol. The number of ketones is 1. The lowest BCUT2D eigenvalue weighted by atomic mass is 9.81. The Morgan fingerprint density at radius 3 is 2.72 bits per heavy atom. The molecule has 2 rings (SSSR count). The van der Waals surface area contributed by atoms with Crippen LogP contribution in [0, 0.1) is 12.8 Å². The van der Waals surface area contributed by atoms with Crippen molar-refractivity contribution in [2.45, 2.75) is 45.1 Å². The number of carbonyl (C=O) groups excluding carboxylic acids is 1. The van der Waals surface area contributed by atoms with Crippen molar-refractivity contribution in [2.75, 3.05) is 0 Å². The molecule has 0 aliphatic heterocycles. The Bertz CT molecular complexity index is 455. The lowest BCUT2D eigenvalue weighted by Gasteiger charge is -2.27. The van der Waals surface area contributed by atoms with Crippen LogP contribution < -0.4 is 5.73 Å². The second-order valence-corrected chi connectivity index (χ2v) is 5.53. The number of aromatic nitrogens is 2. The molecule has 0 spiro atoms. The largest absolute Gasteiger partial charge is 0.327 e. The van der Waals surface area contributed by atoms with Gasteiger partial charge in [-0.15, -0.1) is 0 Å². The molecular formula is C13H20ClN3O. The van der Waals surface area contributed by atoms with Crippen molar-refractivity contribution in [1.82, 2.24) is 9.78 Å². The van der Waals surface area contributed by atoms with E-state index in [1.54, 1.807) is 11.7 Å². The number of nitrogens with two attached hydrogens (primary N) is 1. The first kappa shape index (κ1) is 13.6. The first-order valence-corrected chi connectivity index (χ1v) is 6.84. The summed E-state index contributed by atoms with van der Waals surface area (Å²) in [5.41, 5.74) is 7.72. The predicted molar refractivity (Wildman–Crippen MR) is 71.6 cm³/mol. The Kier molecular flexibility index (Phi) is 4.07. The summed E-state index contributed by atoms with van der Waals surface area (Å²) in [7, 11) is 1.79. The molecule has 5 heteroatoms. The second-order valence-electron chi connectivity index (χ2n) is 5.18. The maximum atomic E-state index is 12.3. The van der Waals surface area contributed by atoms with Crippen molar-refractivity contribution in [3.8, 4) is 0 Å². The fraction of sp³-hybridized carbons (Fsp3) is 0.692. The van der Waals surface area contributed by atoms with Crippen molar-refractivity contribution in [2.24, 2.45) is 18.7 Å². The third kappa shape index (κ3) is 2.59. The van der Waals surface area contributed by atoms with Gasteiger partial charge in [0.15, 0.2) is 0 Å². The summed E-state index contributed by atoms with van der Waals surface area (Å²) in [5, 5.41) is 4.79. The van der Waals surface area contributed by atoms with Crippen LogP contribution in [0.5, 0.6) is 0 Å². The zero-order valence-electron chi connectivity index (χ0n) is 10.9. The van der Waals surface area contributed by atoms with Crippen LogP contribution >= 0.6 is 11.6 Å². The van der Waals surface area contributed by atoms with Crippen molar-refractivity contribution >= 4 is 17.4 Å². The van der Waals surface area contributed by atoms with Crippen LogP contribution in [0.3, 0.4) is 0 Å². The summed E-state index contributed by atoms with van der Waals surface area (Å²) in [6.45, 7) is 1.88. The maximum Gasteiger partial charge on any atom is 0.142 e. The number of Topliss-reactive ketones (excluding diaryl/α,β-unsaturated/α-hetero) is 1. The first-order chi connectivity index (χ1) is 8.50. The van der Waals surface area contributed by atoms with E-state index in [1.165, 1.54) is 0 Å². The van der Waals surface area contributed by atoms with E-state index in [0.717, 1.165) is 36.9 Å². The molecule has 18 heavy (non-hydrogen) atoms. The molecule has 2 unspecified atom stereocenters. The molecule has 4 nitrogen and oxygen atoms in total. The van der Waals surface area contributed by atoms with Gasteiger partial charge in [0.05, 0.1) is 5.69 Å². The zero-order chi connectivity index (χ0) is 13.3. The van der Waals surface area contributed by atoms with Crippen molar-refractivity contribution in [1.29, 1.82) is 0 Å². The van der Waals surface area contributed by atoms with Gasteiger partial charge in [-0.3, -0.25) is 9.48 Å². The van der Waals surface area contributed by atoms with Gasteiger partial charge in [0.1, 0.15) is 10.9 Å². The molecule has 2 atom stereocenters. The highest BCUT2D eigenvalue weighted by molar-refractivity contribution is 6.30. The molecule has 1 aromatic rings. The number of hydrogen-bond acceptors (Lipinski definition) is 3. The summed E-state index contributed by atoms with van der Waals surface area (Å²) < 4.78 is 1.61. The summed E-state index contributed by atoms with van der Waals surface area (Å²) in [6, 6.07) is 0.0157. The fourth-order valence-electron chi connectivity index (χ4n) is 2.74. The molecule has 1 fully saturated rings. The van der Waals surface area contributed by atoms with Gasteiger partial charge < -0.3 is 5.73 Å². The maximum absolute atomic E-state index is 12.3. The van der Waals surface area contributed by atoms with Crippen LogP contribution in [-0.4, -0.2) is 21.6 Å². The highest BCUT2D eigenvalue weighted by Gasteiger charge is 2.29. The minimum absolute atomic E-state index is 0.00516. The average Bonchev–Trinajstić information content (AvgIpc) is 2.56. The van der Waals surface area contributed by atoms with E-state index in [9.17, 15) is 4.79 Å². The van der Waals surface area contributed by atoms with Crippen LogP contribution in [0.25, 0.3) is 0 Å². The van der Waals surface area contributed by atoms with Crippen LogP contribution in [-0.2, 0) is 18.3 Å². The fourth-order valence-corrected chi connectivity index (χ4v) is 2.98. The molecule has 2 N–H and O–H groups in total. The number of aryl methyl sites for hydroxylation is 2. The Balaban J connectivity index is 2.11. The Morgan fingerprint density at radius 2 is 2.17 bits per heavy atom. The van der Waals surface area contributed by atoms with E-state index in [0.29, 0.717) is 11.6 Å². The molecule has 100 valence electrons. The monoisotopic (exact) mass is 269 g/mol. The molecule has 1 aliphatic carbocycles. The topological polar surface area (TPSA) is 60.9 Å². The molecule has 1 saturated carbocycles. The lowest BCUT2D eigenvalue weighted by molar-refractivity contribution is -0.123. The summed E-state index contributed by atoms with van der Waals surface area (Å²) in [5.74, 6) is 0.203. The number of rotatable bonds is 3. The summed E-state index contributed by atoms with van der Waals surface area (Å²) in [6.07, 6.45) is 4.46. The van der Waals surface area contributed by atoms with Gasteiger partial charge >= 0.3 is 0 Å². The normalized spacial score (nSPS) is 24.2. The van der Waals surface area contributed by atoms with Gasteiger partial charge in [-0.2, -0.15) is 5.10 Å². The minimum Gasteiger partial charge on any atom is -0.327 e. The molecule has 1 aromatic heterocycles. The van der Waals surface area contributed by atoms with Crippen LogP contribution in [0.4, 0.5) is 0 Å². The van der Waals surface area contributed by atoms with Gasteiger partial charge in [0.2, 0.25) is 0 Å². The third-order valence-corrected chi connectivity index (χ3v) is 4.33. The Labute approximate surface area is 112 Å². The molecule has 1 aliphatic rings. The highest BCUT2D eigenvalue weighted by atomic mass is 35.5. The zero-order valence-corrected chi connectivity index (χ0v) is 11.7. The summed E-state index contributed by atoms with van der Waals surface area (Å²) in [4.78, 5) is 12.3. The number of halogens is 1.